The molecule has 6 heteroatoms. The third-order valence-corrected chi connectivity index (χ3v) is 4.29. The molecule has 1 unspecified atom stereocenters. The van der Waals surface area contributed by atoms with Gasteiger partial charge in [0, 0.05) is 44.4 Å². The fraction of sp³-hybridized carbons (Fsp3) is 0.579. The topological polar surface area (TPSA) is 70.7 Å². The van der Waals surface area contributed by atoms with Gasteiger partial charge in [-0.15, -0.1) is 0 Å². The molecule has 0 aromatic heterocycles. The molecule has 6 nitrogen and oxygen atoms in total. The van der Waals surface area contributed by atoms with Gasteiger partial charge in [0.15, 0.2) is 0 Å². The van der Waals surface area contributed by atoms with Crippen LogP contribution in [0.2, 0.25) is 0 Å². The Labute approximate surface area is 149 Å². The average Bonchev–Trinajstić information content (AvgIpc) is 2.59. The molecule has 0 bridgehead atoms. The van der Waals surface area contributed by atoms with Crippen molar-refractivity contribution in [1.82, 2.24) is 4.90 Å². The summed E-state index contributed by atoms with van der Waals surface area (Å²) in [6, 6.07) is 7.16. The Balaban J connectivity index is 1.68. The van der Waals surface area contributed by atoms with Gasteiger partial charge < -0.3 is 20.3 Å². The summed E-state index contributed by atoms with van der Waals surface area (Å²) in [6.07, 6.45) is 5.42. The van der Waals surface area contributed by atoms with Gasteiger partial charge in [-0.05, 0) is 50.9 Å². The van der Waals surface area contributed by atoms with Crippen LogP contribution in [-0.4, -0.2) is 49.6 Å². The molecule has 0 saturated carbocycles. The van der Waals surface area contributed by atoms with Crippen molar-refractivity contribution in [2.45, 2.75) is 45.1 Å². The predicted molar refractivity (Wildman–Crippen MR) is 99.7 cm³/mol. The SMILES string of the molecule is CC(=O)Nc1cccc(NC(=O)CCN(C)CCC2CCCCO2)c1. The van der Waals surface area contributed by atoms with Gasteiger partial charge in [-0.1, -0.05) is 6.07 Å². The van der Waals surface area contributed by atoms with E-state index in [1.807, 2.05) is 13.1 Å². The highest BCUT2D eigenvalue weighted by Crippen LogP contribution is 2.16. The Hall–Kier alpha value is -1.92. The minimum atomic E-state index is -0.132. The van der Waals surface area contributed by atoms with Crippen molar-refractivity contribution in [3.8, 4) is 0 Å². The number of nitrogens with one attached hydrogen (secondary N) is 2. The molecule has 1 fully saturated rings. The van der Waals surface area contributed by atoms with Crippen molar-refractivity contribution in [3.05, 3.63) is 24.3 Å². The van der Waals surface area contributed by atoms with Gasteiger partial charge in [-0.25, -0.2) is 0 Å². The van der Waals surface area contributed by atoms with E-state index in [1.165, 1.54) is 19.8 Å². The average molecular weight is 347 g/mol. The summed E-state index contributed by atoms with van der Waals surface area (Å²) >= 11 is 0. The molecule has 0 aliphatic carbocycles. The molecule has 1 saturated heterocycles. The molecule has 1 atom stereocenters. The second-order valence-corrected chi connectivity index (χ2v) is 6.64. The number of hydrogen-bond acceptors (Lipinski definition) is 4. The van der Waals surface area contributed by atoms with Crippen molar-refractivity contribution in [3.63, 3.8) is 0 Å². The maximum Gasteiger partial charge on any atom is 0.225 e. The van der Waals surface area contributed by atoms with Crippen LogP contribution in [0.25, 0.3) is 0 Å². The van der Waals surface area contributed by atoms with Crippen LogP contribution in [0.3, 0.4) is 0 Å². The molecule has 2 N–H and O–H groups in total. The highest BCUT2D eigenvalue weighted by atomic mass is 16.5. The van der Waals surface area contributed by atoms with Crippen LogP contribution in [0.15, 0.2) is 24.3 Å². The van der Waals surface area contributed by atoms with E-state index in [9.17, 15) is 9.59 Å². The highest BCUT2D eigenvalue weighted by molar-refractivity contribution is 5.93. The van der Waals surface area contributed by atoms with Gasteiger partial charge in [0.1, 0.15) is 0 Å². The van der Waals surface area contributed by atoms with Crippen molar-refractivity contribution < 1.29 is 14.3 Å². The van der Waals surface area contributed by atoms with Crippen LogP contribution in [-0.2, 0) is 14.3 Å². The lowest BCUT2D eigenvalue weighted by molar-refractivity contribution is -0.116. The standard InChI is InChI=1S/C19H29N3O3/c1-15(23)20-16-6-5-7-17(14-16)21-19(24)10-12-22(2)11-9-18-8-3-4-13-25-18/h5-7,14,18H,3-4,8-13H2,1-2H3,(H,20,23)(H,21,24). The Morgan fingerprint density at radius 2 is 1.96 bits per heavy atom. The molecule has 0 spiro atoms. The second-order valence-electron chi connectivity index (χ2n) is 6.64. The summed E-state index contributed by atoms with van der Waals surface area (Å²) < 4.78 is 5.74. The summed E-state index contributed by atoms with van der Waals surface area (Å²) in [7, 11) is 2.04. The summed E-state index contributed by atoms with van der Waals surface area (Å²) in [5.74, 6) is -0.159. The minimum Gasteiger partial charge on any atom is -0.378 e. The lowest BCUT2D eigenvalue weighted by atomic mass is 10.1. The van der Waals surface area contributed by atoms with Crippen LogP contribution in [0.1, 0.15) is 39.0 Å². The molecule has 2 amide bonds. The number of ether oxygens (including phenoxy) is 1. The molecule has 2 rings (SSSR count). The zero-order valence-corrected chi connectivity index (χ0v) is 15.2. The number of carbonyl (C=O) groups is 2. The number of amides is 2. The number of rotatable bonds is 8. The van der Waals surface area contributed by atoms with E-state index in [4.69, 9.17) is 4.74 Å². The van der Waals surface area contributed by atoms with Crippen LogP contribution in [0.5, 0.6) is 0 Å². The van der Waals surface area contributed by atoms with Crippen molar-refractivity contribution in [1.29, 1.82) is 0 Å². The molecule has 1 aromatic rings. The van der Waals surface area contributed by atoms with Gasteiger partial charge in [-0.3, -0.25) is 9.59 Å². The maximum absolute atomic E-state index is 12.1. The normalized spacial score (nSPS) is 17.3. The van der Waals surface area contributed by atoms with Crippen molar-refractivity contribution >= 4 is 23.2 Å². The molecule has 1 aliphatic rings. The van der Waals surface area contributed by atoms with E-state index in [0.717, 1.165) is 26.0 Å². The van der Waals surface area contributed by atoms with E-state index in [2.05, 4.69) is 15.5 Å². The molecule has 1 heterocycles. The van der Waals surface area contributed by atoms with Gasteiger partial charge in [0.05, 0.1) is 6.10 Å². The van der Waals surface area contributed by atoms with E-state index >= 15 is 0 Å². The third kappa shape index (κ3) is 7.67. The monoisotopic (exact) mass is 347 g/mol. The Morgan fingerprint density at radius 3 is 2.64 bits per heavy atom. The van der Waals surface area contributed by atoms with Gasteiger partial charge in [0.25, 0.3) is 0 Å². The number of hydrogen-bond donors (Lipinski definition) is 2. The predicted octanol–water partition coefficient (Wildman–Crippen LogP) is 2.86. The second kappa shape index (κ2) is 10.2. The third-order valence-electron chi connectivity index (χ3n) is 4.29. The zero-order chi connectivity index (χ0) is 18.1. The first kappa shape index (κ1) is 19.4. The number of benzene rings is 1. The zero-order valence-electron chi connectivity index (χ0n) is 15.2. The number of carbonyl (C=O) groups excluding carboxylic acids is 2. The first-order valence-corrected chi connectivity index (χ1v) is 9.00. The van der Waals surface area contributed by atoms with Crippen LogP contribution in [0, 0.1) is 0 Å². The molecule has 1 aromatic carbocycles. The van der Waals surface area contributed by atoms with Crippen LogP contribution >= 0.6 is 0 Å². The first-order chi connectivity index (χ1) is 12.0. The van der Waals surface area contributed by atoms with E-state index in [1.54, 1.807) is 18.2 Å². The number of anilines is 2. The van der Waals surface area contributed by atoms with Crippen LogP contribution < -0.4 is 10.6 Å². The lowest BCUT2D eigenvalue weighted by Crippen LogP contribution is -2.29. The first-order valence-electron chi connectivity index (χ1n) is 9.00. The van der Waals surface area contributed by atoms with Gasteiger partial charge in [-0.2, -0.15) is 0 Å². The van der Waals surface area contributed by atoms with Gasteiger partial charge >= 0.3 is 0 Å². The van der Waals surface area contributed by atoms with E-state index in [0.29, 0.717) is 30.4 Å². The van der Waals surface area contributed by atoms with Crippen molar-refractivity contribution in [2.75, 3.05) is 37.4 Å². The van der Waals surface area contributed by atoms with E-state index < -0.39 is 0 Å². The summed E-state index contributed by atoms with van der Waals surface area (Å²) in [5, 5.41) is 5.58. The quantitative estimate of drug-likeness (QED) is 0.759. The summed E-state index contributed by atoms with van der Waals surface area (Å²) in [4.78, 5) is 25.4. The summed E-state index contributed by atoms with van der Waals surface area (Å²) in [5.41, 5.74) is 1.37. The van der Waals surface area contributed by atoms with Crippen LogP contribution in [0.4, 0.5) is 11.4 Å². The van der Waals surface area contributed by atoms with Crippen molar-refractivity contribution in [2.24, 2.45) is 0 Å². The Morgan fingerprint density at radius 1 is 1.20 bits per heavy atom. The Bertz CT molecular complexity index is 571. The molecular weight excluding hydrogens is 318 g/mol. The minimum absolute atomic E-state index is 0.0271. The molecule has 1 aliphatic heterocycles. The molecule has 0 radical (unpaired) electrons. The largest absolute Gasteiger partial charge is 0.378 e. The molecule has 25 heavy (non-hydrogen) atoms. The summed E-state index contributed by atoms with van der Waals surface area (Å²) in [6.45, 7) is 3.99. The smallest absolute Gasteiger partial charge is 0.225 e. The maximum atomic E-state index is 12.1. The van der Waals surface area contributed by atoms with E-state index in [-0.39, 0.29) is 11.8 Å². The fourth-order valence-electron chi connectivity index (χ4n) is 2.91. The fourth-order valence-corrected chi connectivity index (χ4v) is 2.91. The molecular formula is C19H29N3O3. The molecule has 138 valence electrons. The Kier molecular flexibility index (Phi) is 7.88. The highest BCUT2D eigenvalue weighted by Gasteiger charge is 2.14. The lowest BCUT2D eigenvalue weighted by Gasteiger charge is -2.25. The number of nitrogens with zero attached hydrogens (tertiary/aromatic N) is 1. The van der Waals surface area contributed by atoms with Gasteiger partial charge in [0.2, 0.25) is 11.8 Å².